The van der Waals surface area contributed by atoms with E-state index >= 15 is 0 Å². The third-order valence-corrected chi connectivity index (χ3v) is 2.34. The summed E-state index contributed by atoms with van der Waals surface area (Å²) in [6.07, 6.45) is 1.61. The molecule has 0 radical (unpaired) electrons. The summed E-state index contributed by atoms with van der Waals surface area (Å²) in [5.41, 5.74) is 0.808. The van der Waals surface area contributed by atoms with Gasteiger partial charge in [-0.1, -0.05) is 12.1 Å². The van der Waals surface area contributed by atoms with Crippen molar-refractivity contribution in [1.29, 1.82) is 0 Å². The Hall–Kier alpha value is -2.30. The molecule has 2 N–H and O–H groups in total. The lowest BCUT2D eigenvalue weighted by Crippen LogP contribution is -2.22. The van der Waals surface area contributed by atoms with Crippen molar-refractivity contribution in [3.63, 3.8) is 0 Å². The molecule has 1 aliphatic rings. The summed E-state index contributed by atoms with van der Waals surface area (Å²) in [5.74, 6) is 0.342. The Morgan fingerprint density at radius 1 is 1.05 bits per heavy atom. The van der Waals surface area contributed by atoms with Crippen LogP contribution in [-0.4, -0.2) is 17.5 Å². The first-order valence-corrected chi connectivity index (χ1v) is 5.97. The molecule has 0 saturated carbocycles. The summed E-state index contributed by atoms with van der Waals surface area (Å²) in [4.78, 5) is 22.3. The van der Waals surface area contributed by atoms with Crippen molar-refractivity contribution in [2.45, 2.75) is 26.4 Å². The number of urea groups is 1. The fraction of sp³-hybridized carbons (Fsp3) is 0.286. The maximum Gasteiger partial charge on any atom is 0.326 e. The zero-order valence-corrected chi connectivity index (χ0v) is 11.1. The van der Waals surface area contributed by atoms with Crippen LogP contribution < -0.4 is 15.4 Å². The van der Waals surface area contributed by atoms with E-state index in [1.54, 1.807) is 6.08 Å². The molecule has 0 atom stereocenters. The van der Waals surface area contributed by atoms with Crippen LogP contribution in [0.5, 0.6) is 5.75 Å². The standard InChI is InChI=1S/C14H16N2O3/c1-14(2,3)19-10-6-4-9(5-7-10)8-11-12(17)16-13(18)15-11/h4-8H,1-3H3,(H2,15,16,17,18)/b11-8-. The molecule has 1 aliphatic heterocycles. The van der Waals surface area contributed by atoms with Crippen molar-refractivity contribution >= 4 is 18.0 Å². The molecular formula is C14H16N2O3. The average Bonchev–Trinajstić information content (AvgIpc) is 2.58. The first-order chi connectivity index (χ1) is 8.83. The van der Waals surface area contributed by atoms with Crippen LogP contribution in [0.4, 0.5) is 4.79 Å². The van der Waals surface area contributed by atoms with Crippen LogP contribution in [0.2, 0.25) is 0 Å². The van der Waals surface area contributed by atoms with Gasteiger partial charge in [0.1, 0.15) is 17.0 Å². The first-order valence-electron chi connectivity index (χ1n) is 5.97. The second-order valence-corrected chi connectivity index (χ2v) is 5.25. The summed E-state index contributed by atoms with van der Waals surface area (Å²) in [7, 11) is 0. The van der Waals surface area contributed by atoms with E-state index in [-0.39, 0.29) is 11.3 Å². The van der Waals surface area contributed by atoms with Gasteiger partial charge in [0.15, 0.2) is 0 Å². The van der Waals surface area contributed by atoms with Crippen LogP contribution >= 0.6 is 0 Å². The first kappa shape index (κ1) is 13.1. The van der Waals surface area contributed by atoms with E-state index < -0.39 is 11.9 Å². The highest BCUT2D eigenvalue weighted by Crippen LogP contribution is 2.19. The Morgan fingerprint density at radius 3 is 2.16 bits per heavy atom. The lowest BCUT2D eigenvalue weighted by atomic mass is 10.1. The van der Waals surface area contributed by atoms with Gasteiger partial charge in [-0.25, -0.2) is 4.79 Å². The Balaban J connectivity index is 2.13. The highest BCUT2D eigenvalue weighted by atomic mass is 16.5. The fourth-order valence-electron chi connectivity index (χ4n) is 1.63. The normalized spacial score (nSPS) is 17.3. The van der Waals surface area contributed by atoms with Crippen LogP contribution in [0.1, 0.15) is 26.3 Å². The second-order valence-electron chi connectivity index (χ2n) is 5.25. The van der Waals surface area contributed by atoms with E-state index in [2.05, 4.69) is 10.6 Å². The molecule has 1 aromatic carbocycles. The average molecular weight is 260 g/mol. The van der Waals surface area contributed by atoms with Gasteiger partial charge in [-0.3, -0.25) is 10.1 Å². The van der Waals surface area contributed by atoms with Crippen LogP contribution in [-0.2, 0) is 4.79 Å². The lowest BCUT2D eigenvalue weighted by molar-refractivity contribution is -0.115. The predicted molar refractivity (Wildman–Crippen MR) is 71.5 cm³/mol. The molecule has 1 fully saturated rings. The summed E-state index contributed by atoms with van der Waals surface area (Å²) >= 11 is 0. The van der Waals surface area contributed by atoms with Gasteiger partial charge in [-0.15, -0.1) is 0 Å². The van der Waals surface area contributed by atoms with Crippen molar-refractivity contribution in [3.8, 4) is 5.75 Å². The monoisotopic (exact) mass is 260 g/mol. The van der Waals surface area contributed by atoms with Gasteiger partial charge in [-0.05, 0) is 44.5 Å². The highest BCUT2D eigenvalue weighted by Gasteiger charge is 2.22. The van der Waals surface area contributed by atoms with Crippen molar-refractivity contribution in [3.05, 3.63) is 35.5 Å². The minimum Gasteiger partial charge on any atom is -0.488 e. The van der Waals surface area contributed by atoms with E-state index in [0.717, 1.165) is 11.3 Å². The number of ether oxygens (including phenoxy) is 1. The Labute approximate surface area is 111 Å². The molecule has 0 aromatic heterocycles. The zero-order chi connectivity index (χ0) is 14.0. The molecule has 0 aliphatic carbocycles. The summed E-state index contributed by atoms with van der Waals surface area (Å²) in [6.45, 7) is 5.92. The molecule has 3 amide bonds. The zero-order valence-electron chi connectivity index (χ0n) is 11.1. The third-order valence-electron chi connectivity index (χ3n) is 2.34. The van der Waals surface area contributed by atoms with Gasteiger partial charge in [0.25, 0.3) is 5.91 Å². The Kier molecular flexibility index (Phi) is 3.29. The molecular weight excluding hydrogens is 244 g/mol. The molecule has 5 heteroatoms. The number of hydrogen-bond acceptors (Lipinski definition) is 3. The molecule has 19 heavy (non-hydrogen) atoms. The third kappa shape index (κ3) is 3.58. The molecule has 1 heterocycles. The Morgan fingerprint density at radius 2 is 1.68 bits per heavy atom. The maximum atomic E-state index is 11.4. The maximum absolute atomic E-state index is 11.4. The summed E-state index contributed by atoms with van der Waals surface area (Å²) in [5, 5.41) is 4.58. The predicted octanol–water partition coefficient (Wildman–Crippen LogP) is 2.04. The van der Waals surface area contributed by atoms with E-state index in [4.69, 9.17) is 4.74 Å². The van der Waals surface area contributed by atoms with Gasteiger partial charge in [-0.2, -0.15) is 0 Å². The number of nitrogens with one attached hydrogen (secondary N) is 2. The van der Waals surface area contributed by atoms with Gasteiger partial charge in [0, 0.05) is 0 Å². The van der Waals surface area contributed by atoms with Gasteiger partial charge < -0.3 is 10.1 Å². The topological polar surface area (TPSA) is 67.4 Å². The minimum atomic E-state index is -0.496. The van der Waals surface area contributed by atoms with E-state index in [9.17, 15) is 9.59 Å². The van der Waals surface area contributed by atoms with Crippen LogP contribution in [0.15, 0.2) is 30.0 Å². The van der Waals surface area contributed by atoms with Crippen molar-refractivity contribution in [2.24, 2.45) is 0 Å². The van der Waals surface area contributed by atoms with Gasteiger partial charge in [0.05, 0.1) is 0 Å². The van der Waals surface area contributed by atoms with Crippen molar-refractivity contribution in [2.75, 3.05) is 0 Å². The van der Waals surface area contributed by atoms with Gasteiger partial charge in [0.2, 0.25) is 0 Å². The van der Waals surface area contributed by atoms with E-state index in [0.29, 0.717) is 0 Å². The summed E-state index contributed by atoms with van der Waals surface area (Å²) < 4.78 is 5.70. The minimum absolute atomic E-state index is 0.245. The smallest absolute Gasteiger partial charge is 0.326 e. The molecule has 0 unspecified atom stereocenters. The number of amides is 3. The van der Waals surface area contributed by atoms with Crippen LogP contribution in [0.25, 0.3) is 6.08 Å². The van der Waals surface area contributed by atoms with Crippen molar-refractivity contribution < 1.29 is 14.3 Å². The number of imide groups is 1. The lowest BCUT2D eigenvalue weighted by Gasteiger charge is -2.21. The molecule has 2 rings (SSSR count). The summed E-state index contributed by atoms with van der Waals surface area (Å²) in [6, 6.07) is 6.81. The molecule has 0 spiro atoms. The van der Waals surface area contributed by atoms with Crippen LogP contribution in [0.3, 0.4) is 0 Å². The molecule has 1 saturated heterocycles. The molecule has 100 valence electrons. The second kappa shape index (κ2) is 4.76. The molecule has 0 bridgehead atoms. The molecule has 5 nitrogen and oxygen atoms in total. The highest BCUT2D eigenvalue weighted by molar-refractivity contribution is 6.13. The largest absolute Gasteiger partial charge is 0.488 e. The quantitative estimate of drug-likeness (QED) is 0.631. The number of rotatable bonds is 2. The Bertz CT molecular complexity index is 539. The van der Waals surface area contributed by atoms with Crippen LogP contribution in [0, 0.1) is 0 Å². The van der Waals surface area contributed by atoms with Gasteiger partial charge >= 0.3 is 6.03 Å². The molecule has 1 aromatic rings. The number of carbonyl (C=O) groups excluding carboxylic acids is 2. The SMILES string of the molecule is CC(C)(C)Oc1ccc(/C=C2\NC(=O)NC2=O)cc1. The number of hydrogen-bond donors (Lipinski definition) is 2. The van der Waals surface area contributed by atoms with E-state index in [1.165, 1.54) is 0 Å². The van der Waals surface area contributed by atoms with E-state index in [1.807, 2.05) is 45.0 Å². The number of carbonyl (C=O) groups is 2. The fourth-order valence-corrected chi connectivity index (χ4v) is 1.63. The number of benzene rings is 1. The van der Waals surface area contributed by atoms with Crippen molar-refractivity contribution in [1.82, 2.24) is 10.6 Å².